The largest absolute Gasteiger partial charge is 0.451 e. The lowest BCUT2D eigenvalue weighted by atomic mass is 10.0. The zero-order chi connectivity index (χ0) is 26.0. The van der Waals surface area contributed by atoms with Crippen molar-refractivity contribution in [2.45, 2.75) is 38.7 Å². The molecule has 0 aliphatic carbocycles. The molecule has 3 aromatic rings. The average molecular weight is 509 g/mol. The lowest BCUT2D eigenvalue weighted by molar-refractivity contribution is -0.148. The number of amides is 1. The zero-order valence-corrected chi connectivity index (χ0v) is 19.0. The van der Waals surface area contributed by atoms with E-state index in [4.69, 9.17) is 0 Å². The number of fused-ring (bicyclic) bond motifs is 1. The number of nitrogens with one attached hydrogen (secondary N) is 1. The molecule has 0 unspecified atom stereocenters. The zero-order valence-electron chi connectivity index (χ0n) is 19.0. The Kier molecular flexibility index (Phi) is 7.04. The number of carbonyl (C=O) groups is 1. The van der Waals surface area contributed by atoms with E-state index in [1.54, 1.807) is 6.92 Å². The summed E-state index contributed by atoms with van der Waals surface area (Å²) < 4.78 is 81.7. The van der Waals surface area contributed by atoms with Crippen LogP contribution in [0.25, 0.3) is 0 Å². The van der Waals surface area contributed by atoms with Crippen LogP contribution in [0.2, 0.25) is 0 Å². The van der Waals surface area contributed by atoms with E-state index in [1.807, 2.05) is 30.3 Å². The van der Waals surface area contributed by atoms with E-state index in [1.165, 1.54) is 11.0 Å². The summed E-state index contributed by atoms with van der Waals surface area (Å²) in [5, 5.41) is 9.85. The molecular formula is C24H21F6N5O. The number of allylic oxidation sites excluding steroid dienone is 1. The Hall–Kier alpha value is -3.83. The summed E-state index contributed by atoms with van der Waals surface area (Å²) in [6.45, 7) is 1.40. The fraction of sp³-hybridized carbons (Fsp3) is 0.292. The number of hydrogen-bond acceptors (Lipinski definition) is 4. The Morgan fingerprint density at radius 1 is 1.06 bits per heavy atom. The third kappa shape index (κ3) is 5.52. The smallest absolute Gasteiger partial charge is 0.381 e. The van der Waals surface area contributed by atoms with Gasteiger partial charge in [-0.3, -0.25) is 4.79 Å². The van der Waals surface area contributed by atoms with Gasteiger partial charge in [0.25, 0.3) is 0 Å². The summed E-state index contributed by atoms with van der Waals surface area (Å²) in [7, 11) is 0. The van der Waals surface area contributed by atoms with Gasteiger partial charge in [-0.15, -0.1) is 10.2 Å². The molecule has 2 heterocycles. The van der Waals surface area contributed by atoms with Crippen LogP contribution in [0.1, 0.15) is 35.7 Å². The van der Waals surface area contributed by atoms with Gasteiger partial charge >= 0.3 is 6.18 Å². The molecule has 36 heavy (non-hydrogen) atoms. The van der Waals surface area contributed by atoms with Crippen LogP contribution in [0.3, 0.4) is 0 Å². The molecule has 0 saturated carbocycles. The Labute approximate surface area is 202 Å². The second kappa shape index (κ2) is 10.0. The van der Waals surface area contributed by atoms with Crippen molar-refractivity contribution in [2.24, 2.45) is 0 Å². The summed E-state index contributed by atoms with van der Waals surface area (Å²) in [5.41, 5.74) is 0.894. The maximum absolute atomic E-state index is 14.3. The molecule has 0 spiro atoms. The van der Waals surface area contributed by atoms with Gasteiger partial charge in [0, 0.05) is 43.4 Å². The van der Waals surface area contributed by atoms with Crippen molar-refractivity contribution < 1.29 is 31.1 Å². The van der Waals surface area contributed by atoms with Crippen molar-refractivity contribution in [2.75, 3.05) is 6.54 Å². The Morgan fingerprint density at radius 3 is 2.44 bits per heavy atom. The molecule has 1 amide bonds. The predicted octanol–water partition coefficient (Wildman–Crippen LogP) is 4.53. The maximum Gasteiger partial charge on any atom is 0.451 e. The quantitative estimate of drug-likeness (QED) is 0.301. The van der Waals surface area contributed by atoms with E-state index < -0.39 is 35.4 Å². The summed E-state index contributed by atoms with van der Waals surface area (Å²) >= 11 is 0. The standard InChI is InChI=1S/C24H21F6N5O/c1-14(15-5-3-2-4-6-15)31-17(9-16-10-19(26)20(27)12-18(16)25)11-22(36)34-7-8-35-21(13-34)32-33-23(35)24(28,29)30/h2-6,10-12,14,31H,7-9,13H2,1H3/b17-11+/t14-/m1/s1. The van der Waals surface area contributed by atoms with Crippen LogP contribution in [0, 0.1) is 17.5 Å². The van der Waals surface area contributed by atoms with Crippen LogP contribution in [-0.2, 0) is 30.5 Å². The molecule has 0 fully saturated rings. The molecule has 1 aliphatic rings. The van der Waals surface area contributed by atoms with E-state index >= 15 is 0 Å². The molecule has 4 rings (SSSR count). The topological polar surface area (TPSA) is 63.1 Å². The molecule has 1 atom stereocenters. The molecule has 1 aromatic heterocycles. The highest BCUT2D eigenvalue weighted by Gasteiger charge is 2.39. The van der Waals surface area contributed by atoms with Crippen LogP contribution in [0.4, 0.5) is 26.3 Å². The second-order valence-electron chi connectivity index (χ2n) is 8.33. The minimum atomic E-state index is -4.67. The number of benzene rings is 2. The molecule has 2 aromatic carbocycles. The third-order valence-electron chi connectivity index (χ3n) is 5.79. The fourth-order valence-corrected chi connectivity index (χ4v) is 3.95. The van der Waals surface area contributed by atoms with Crippen LogP contribution in [0.15, 0.2) is 54.2 Å². The van der Waals surface area contributed by atoms with Crippen LogP contribution < -0.4 is 5.32 Å². The third-order valence-corrected chi connectivity index (χ3v) is 5.79. The van der Waals surface area contributed by atoms with Crippen LogP contribution >= 0.6 is 0 Å². The van der Waals surface area contributed by atoms with Gasteiger partial charge in [0.05, 0.1) is 6.54 Å². The lowest BCUT2D eigenvalue weighted by Crippen LogP contribution is -2.39. The molecule has 0 radical (unpaired) electrons. The average Bonchev–Trinajstić information content (AvgIpc) is 3.27. The number of hydrogen-bond donors (Lipinski definition) is 1. The van der Waals surface area contributed by atoms with Crippen LogP contribution in [-0.4, -0.2) is 32.1 Å². The van der Waals surface area contributed by atoms with E-state index in [9.17, 15) is 31.1 Å². The van der Waals surface area contributed by atoms with Gasteiger partial charge in [-0.1, -0.05) is 30.3 Å². The Bertz CT molecular complexity index is 1290. The van der Waals surface area contributed by atoms with E-state index in [0.29, 0.717) is 6.07 Å². The molecule has 1 N–H and O–H groups in total. The number of aromatic nitrogens is 3. The lowest BCUT2D eigenvalue weighted by Gasteiger charge is -2.28. The van der Waals surface area contributed by atoms with Crippen molar-refractivity contribution in [1.29, 1.82) is 0 Å². The van der Waals surface area contributed by atoms with Crippen molar-refractivity contribution in [3.63, 3.8) is 0 Å². The highest BCUT2D eigenvalue weighted by atomic mass is 19.4. The normalized spacial score (nSPS) is 15.0. The van der Waals surface area contributed by atoms with Gasteiger partial charge in [-0.25, -0.2) is 13.2 Å². The summed E-state index contributed by atoms with van der Waals surface area (Å²) in [6.07, 6.45) is -3.75. The first-order valence-corrected chi connectivity index (χ1v) is 11.0. The van der Waals surface area contributed by atoms with Gasteiger partial charge in [0.15, 0.2) is 17.5 Å². The molecule has 6 nitrogen and oxygen atoms in total. The highest BCUT2D eigenvalue weighted by Crippen LogP contribution is 2.29. The van der Waals surface area contributed by atoms with E-state index in [-0.39, 0.29) is 49.2 Å². The first-order chi connectivity index (χ1) is 17.0. The monoisotopic (exact) mass is 509 g/mol. The van der Waals surface area contributed by atoms with Crippen molar-refractivity contribution in [3.05, 3.63) is 94.5 Å². The maximum atomic E-state index is 14.3. The fourth-order valence-electron chi connectivity index (χ4n) is 3.95. The van der Waals surface area contributed by atoms with Crippen molar-refractivity contribution >= 4 is 5.91 Å². The second-order valence-corrected chi connectivity index (χ2v) is 8.33. The van der Waals surface area contributed by atoms with Gasteiger partial charge in [-0.2, -0.15) is 13.2 Å². The van der Waals surface area contributed by atoms with E-state index in [2.05, 4.69) is 15.5 Å². The molecule has 12 heteroatoms. The minimum Gasteiger partial charge on any atom is -0.381 e. The minimum absolute atomic E-state index is 0.0193. The molecular weight excluding hydrogens is 488 g/mol. The molecule has 190 valence electrons. The summed E-state index contributed by atoms with van der Waals surface area (Å²) in [4.78, 5) is 14.3. The molecule has 0 saturated heterocycles. The Balaban J connectivity index is 1.59. The highest BCUT2D eigenvalue weighted by molar-refractivity contribution is 5.88. The van der Waals surface area contributed by atoms with Crippen molar-refractivity contribution in [3.8, 4) is 0 Å². The first-order valence-electron chi connectivity index (χ1n) is 11.0. The SMILES string of the molecule is C[C@@H](N/C(=C/C(=O)N1CCn2c(nnc2C(F)(F)F)C1)Cc1cc(F)c(F)cc1F)c1ccccc1. The number of nitrogens with zero attached hydrogens (tertiary/aromatic N) is 4. The van der Waals surface area contributed by atoms with Gasteiger partial charge in [-0.05, 0) is 24.1 Å². The molecule has 1 aliphatic heterocycles. The number of carbonyl (C=O) groups excluding carboxylic acids is 1. The predicted molar refractivity (Wildman–Crippen MR) is 117 cm³/mol. The first kappa shape index (κ1) is 25.3. The number of halogens is 6. The van der Waals surface area contributed by atoms with Gasteiger partial charge in [0.2, 0.25) is 11.7 Å². The number of rotatable bonds is 6. The summed E-state index contributed by atoms with van der Waals surface area (Å²) in [6, 6.07) is 9.95. The van der Waals surface area contributed by atoms with Gasteiger partial charge < -0.3 is 14.8 Å². The van der Waals surface area contributed by atoms with Crippen LogP contribution in [0.5, 0.6) is 0 Å². The molecule has 0 bridgehead atoms. The number of alkyl halides is 3. The van der Waals surface area contributed by atoms with Gasteiger partial charge in [0.1, 0.15) is 5.82 Å². The summed E-state index contributed by atoms with van der Waals surface area (Å²) in [5.74, 6) is -5.26. The Morgan fingerprint density at radius 2 is 1.75 bits per heavy atom. The van der Waals surface area contributed by atoms with Crippen molar-refractivity contribution in [1.82, 2.24) is 25.0 Å². The van der Waals surface area contributed by atoms with E-state index in [0.717, 1.165) is 16.2 Å².